The van der Waals surface area contributed by atoms with Crippen molar-refractivity contribution in [3.05, 3.63) is 82.4 Å². The summed E-state index contributed by atoms with van der Waals surface area (Å²) in [6.45, 7) is 4.28. The van der Waals surface area contributed by atoms with Crippen molar-refractivity contribution >= 4 is 28.9 Å². The maximum atomic E-state index is 6.06. The highest BCUT2D eigenvalue weighted by Gasteiger charge is 2.39. The molecule has 4 nitrogen and oxygen atoms in total. The first-order chi connectivity index (χ1) is 13.0. The summed E-state index contributed by atoms with van der Waals surface area (Å²) in [6, 6.07) is 16.3. The lowest BCUT2D eigenvalue weighted by molar-refractivity contribution is 0.367. The minimum atomic E-state index is 0.0165. The van der Waals surface area contributed by atoms with Crippen molar-refractivity contribution < 1.29 is 0 Å². The molecule has 1 aromatic carbocycles. The Morgan fingerprint density at radius 2 is 1.85 bits per heavy atom. The molecular weight excluding hydrogens is 376 g/mol. The second-order valence-electron chi connectivity index (χ2n) is 6.88. The van der Waals surface area contributed by atoms with Gasteiger partial charge in [0.2, 0.25) is 0 Å². The first-order valence-corrected chi connectivity index (χ1v) is 9.65. The first kappa shape index (κ1) is 18.0. The molecule has 1 aliphatic rings. The number of rotatable bonds is 3. The number of hydrogen-bond acceptors (Lipinski definition) is 2. The van der Waals surface area contributed by atoms with E-state index in [4.69, 9.17) is 23.8 Å². The average molecular weight is 397 g/mol. The molecule has 0 aliphatic carbocycles. The van der Waals surface area contributed by atoms with Crippen molar-refractivity contribution in [3.8, 4) is 5.69 Å². The highest BCUT2D eigenvalue weighted by molar-refractivity contribution is 7.80. The van der Waals surface area contributed by atoms with Gasteiger partial charge < -0.3 is 14.8 Å². The lowest BCUT2D eigenvalue weighted by Gasteiger charge is -2.24. The van der Waals surface area contributed by atoms with Crippen molar-refractivity contribution in [1.82, 2.24) is 19.8 Å². The predicted octanol–water partition coefficient (Wildman–Crippen LogP) is 4.74. The molecule has 6 heteroatoms. The molecule has 3 heterocycles. The molecule has 27 heavy (non-hydrogen) atoms. The molecular formula is C21H21ClN4S. The SMILES string of the molecule is Cc1cc(C2C(c3ccccn3)NC(=S)N2C)c(C)n1-c1ccc(Cl)cc1. The van der Waals surface area contributed by atoms with Gasteiger partial charge in [-0.15, -0.1) is 0 Å². The number of pyridine rings is 1. The third-order valence-electron chi connectivity index (χ3n) is 5.21. The third kappa shape index (κ3) is 3.11. The summed E-state index contributed by atoms with van der Waals surface area (Å²) in [6.07, 6.45) is 1.83. The van der Waals surface area contributed by atoms with Gasteiger partial charge in [-0.2, -0.15) is 0 Å². The van der Waals surface area contributed by atoms with E-state index in [1.165, 1.54) is 17.0 Å². The third-order valence-corrected chi connectivity index (χ3v) is 5.87. The minimum Gasteiger partial charge on any atom is -0.352 e. The zero-order chi connectivity index (χ0) is 19.1. The summed E-state index contributed by atoms with van der Waals surface area (Å²) in [5, 5.41) is 4.92. The highest BCUT2D eigenvalue weighted by atomic mass is 35.5. The lowest BCUT2D eigenvalue weighted by atomic mass is 9.97. The van der Waals surface area contributed by atoms with E-state index in [0.29, 0.717) is 0 Å². The Morgan fingerprint density at radius 1 is 1.11 bits per heavy atom. The van der Waals surface area contributed by atoms with Crippen molar-refractivity contribution in [2.45, 2.75) is 25.9 Å². The van der Waals surface area contributed by atoms with Crippen LogP contribution in [0.4, 0.5) is 0 Å². The number of benzene rings is 1. The van der Waals surface area contributed by atoms with Crippen LogP contribution in [-0.4, -0.2) is 26.6 Å². The molecule has 0 saturated carbocycles. The molecule has 0 amide bonds. The monoisotopic (exact) mass is 396 g/mol. The van der Waals surface area contributed by atoms with Gasteiger partial charge in [0.15, 0.2) is 5.11 Å². The molecule has 2 unspecified atom stereocenters. The van der Waals surface area contributed by atoms with Crippen LogP contribution in [0, 0.1) is 13.8 Å². The van der Waals surface area contributed by atoms with E-state index in [-0.39, 0.29) is 12.1 Å². The van der Waals surface area contributed by atoms with E-state index in [0.717, 1.165) is 21.5 Å². The van der Waals surface area contributed by atoms with Crippen LogP contribution in [0.1, 0.15) is 34.7 Å². The van der Waals surface area contributed by atoms with E-state index in [1.54, 1.807) is 0 Å². The zero-order valence-corrected chi connectivity index (χ0v) is 17.1. The van der Waals surface area contributed by atoms with Gasteiger partial charge in [-0.25, -0.2) is 0 Å². The second-order valence-corrected chi connectivity index (χ2v) is 7.70. The van der Waals surface area contributed by atoms with Gasteiger partial charge in [-0.05, 0) is 74.1 Å². The quantitative estimate of drug-likeness (QED) is 0.648. The molecule has 0 bridgehead atoms. The number of aromatic nitrogens is 2. The van der Waals surface area contributed by atoms with Gasteiger partial charge in [0.1, 0.15) is 0 Å². The van der Waals surface area contributed by atoms with E-state index in [1.807, 2.05) is 55.7 Å². The predicted molar refractivity (Wildman–Crippen MR) is 113 cm³/mol. The van der Waals surface area contributed by atoms with Gasteiger partial charge in [-0.1, -0.05) is 17.7 Å². The Balaban J connectivity index is 1.81. The number of thiocarbonyl (C=S) groups is 1. The van der Waals surface area contributed by atoms with Crippen molar-refractivity contribution in [2.24, 2.45) is 0 Å². The molecule has 0 radical (unpaired) electrons. The highest BCUT2D eigenvalue weighted by Crippen LogP contribution is 2.40. The van der Waals surface area contributed by atoms with Gasteiger partial charge >= 0.3 is 0 Å². The number of aryl methyl sites for hydroxylation is 1. The van der Waals surface area contributed by atoms with E-state index < -0.39 is 0 Å². The Kier molecular flexibility index (Phi) is 4.66. The Bertz CT molecular complexity index is 981. The number of likely N-dealkylation sites (N-methyl/N-ethyl adjacent to an activating group) is 1. The smallest absolute Gasteiger partial charge is 0.169 e. The number of halogens is 1. The molecule has 1 aliphatic heterocycles. The van der Waals surface area contributed by atoms with Gasteiger partial charge in [0.05, 0.1) is 17.8 Å². The molecule has 0 spiro atoms. The summed E-state index contributed by atoms with van der Waals surface area (Å²) >= 11 is 11.6. The fraction of sp³-hybridized carbons (Fsp3) is 0.238. The summed E-state index contributed by atoms with van der Waals surface area (Å²) in [5.41, 5.74) is 5.71. The largest absolute Gasteiger partial charge is 0.352 e. The first-order valence-electron chi connectivity index (χ1n) is 8.86. The van der Waals surface area contributed by atoms with Crippen LogP contribution in [0.2, 0.25) is 5.02 Å². The van der Waals surface area contributed by atoms with Crippen LogP contribution in [0.15, 0.2) is 54.7 Å². The minimum absolute atomic E-state index is 0.0165. The Morgan fingerprint density at radius 3 is 2.52 bits per heavy atom. The van der Waals surface area contributed by atoms with Crippen LogP contribution >= 0.6 is 23.8 Å². The summed E-state index contributed by atoms with van der Waals surface area (Å²) < 4.78 is 2.26. The van der Waals surface area contributed by atoms with Gasteiger partial charge in [0, 0.05) is 35.3 Å². The maximum Gasteiger partial charge on any atom is 0.169 e. The molecule has 3 aromatic rings. The molecule has 1 saturated heterocycles. The molecule has 1 fully saturated rings. The Labute approximate surface area is 169 Å². The number of nitrogens with zero attached hydrogens (tertiary/aromatic N) is 3. The standard InChI is InChI=1S/C21H21ClN4S/c1-13-12-17(14(2)26(13)16-9-7-15(22)8-10-16)20-19(24-21(27)25(20)3)18-6-4-5-11-23-18/h4-12,19-20H,1-3H3,(H,24,27). The lowest BCUT2D eigenvalue weighted by Crippen LogP contribution is -2.25. The summed E-state index contributed by atoms with van der Waals surface area (Å²) in [5.74, 6) is 0. The van der Waals surface area contributed by atoms with Crippen molar-refractivity contribution in [2.75, 3.05) is 7.05 Å². The van der Waals surface area contributed by atoms with Crippen LogP contribution < -0.4 is 5.32 Å². The second kappa shape index (κ2) is 6.98. The molecule has 2 aromatic heterocycles. The van der Waals surface area contributed by atoms with Crippen LogP contribution in [0.5, 0.6) is 0 Å². The van der Waals surface area contributed by atoms with Gasteiger partial charge in [-0.3, -0.25) is 4.98 Å². The number of hydrogen-bond donors (Lipinski definition) is 1. The Hall–Kier alpha value is -2.37. The summed E-state index contributed by atoms with van der Waals surface area (Å²) in [7, 11) is 2.04. The van der Waals surface area contributed by atoms with Crippen molar-refractivity contribution in [3.63, 3.8) is 0 Å². The maximum absolute atomic E-state index is 6.06. The van der Waals surface area contributed by atoms with E-state index in [9.17, 15) is 0 Å². The zero-order valence-electron chi connectivity index (χ0n) is 15.5. The number of nitrogens with one attached hydrogen (secondary N) is 1. The normalized spacial score (nSPS) is 19.4. The fourth-order valence-electron chi connectivity index (χ4n) is 3.92. The van der Waals surface area contributed by atoms with Crippen LogP contribution in [0.3, 0.4) is 0 Å². The molecule has 1 N–H and O–H groups in total. The molecule has 2 atom stereocenters. The topological polar surface area (TPSA) is 33.1 Å². The molecule has 138 valence electrons. The van der Waals surface area contributed by atoms with Gasteiger partial charge in [0.25, 0.3) is 0 Å². The van der Waals surface area contributed by atoms with Crippen LogP contribution in [0.25, 0.3) is 5.69 Å². The molecule has 4 rings (SSSR count). The van der Waals surface area contributed by atoms with E-state index in [2.05, 4.69) is 39.7 Å². The fourth-order valence-corrected chi connectivity index (χ4v) is 4.29. The van der Waals surface area contributed by atoms with Crippen LogP contribution in [-0.2, 0) is 0 Å². The summed E-state index contributed by atoms with van der Waals surface area (Å²) in [4.78, 5) is 6.69. The average Bonchev–Trinajstić information content (AvgIpc) is 3.12. The van der Waals surface area contributed by atoms with E-state index >= 15 is 0 Å². The van der Waals surface area contributed by atoms with Crippen molar-refractivity contribution in [1.29, 1.82) is 0 Å².